The fourth-order valence-electron chi connectivity index (χ4n) is 2.35. The summed E-state index contributed by atoms with van der Waals surface area (Å²) < 4.78 is 27.7. The molecule has 0 aliphatic heterocycles. The minimum Gasteiger partial charge on any atom is -0.258 e. The minimum atomic E-state index is -1.56. The van der Waals surface area contributed by atoms with E-state index in [0.29, 0.717) is 11.6 Å². The number of alkyl halides is 2. The molecule has 1 fully saturated rings. The summed E-state index contributed by atoms with van der Waals surface area (Å²) in [5, 5.41) is 0. The summed E-state index contributed by atoms with van der Waals surface area (Å²) in [7, 11) is 0. The molecule has 88 valence electrons. The van der Waals surface area contributed by atoms with Gasteiger partial charge in [0.25, 0.3) is 0 Å². The molecule has 0 saturated heterocycles. The molecule has 1 aliphatic rings. The second-order valence-corrected chi connectivity index (χ2v) is 5.36. The minimum absolute atomic E-state index is 0.0749. The molecule has 1 aromatic heterocycles. The predicted octanol–water partition coefficient (Wildman–Crippen LogP) is 3.89. The SMILES string of the molecule is CC(C)c1ccnc(C2(F)CC(C)(F)C2)c1. The van der Waals surface area contributed by atoms with Crippen LogP contribution in [0.5, 0.6) is 0 Å². The van der Waals surface area contributed by atoms with Crippen molar-refractivity contribution >= 4 is 0 Å². The van der Waals surface area contributed by atoms with Gasteiger partial charge in [0.2, 0.25) is 0 Å². The molecule has 0 N–H and O–H groups in total. The fourth-order valence-corrected chi connectivity index (χ4v) is 2.35. The molecule has 0 amide bonds. The Morgan fingerprint density at radius 2 is 1.94 bits per heavy atom. The van der Waals surface area contributed by atoms with Crippen LogP contribution in [0.1, 0.15) is 50.8 Å². The smallest absolute Gasteiger partial charge is 0.158 e. The summed E-state index contributed by atoms with van der Waals surface area (Å²) in [5.41, 5.74) is -1.50. The molecule has 0 radical (unpaired) electrons. The number of hydrogen-bond donors (Lipinski definition) is 0. The zero-order valence-corrected chi connectivity index (χ0v) is 9.93. The van der Waals surface area contributed by atoms with E-state index in [1.807, 2.05) is 19.9 Å². The maximum atomic E-state index is 14.3. The van der Waals surface area contributed by atoms with Crippen molar-refractivity contribution in [1.29, 1.82) is 0 Å². The van der Waals surface area contributed by atoms with Gasteiger partial charge in [-0.1, -0.05) is 13.8 Å². The van der Waals surface area contributed by atoms with E-state index in [-0.39, 0.29) is 12.8 Å². The Morgan fingerprint density at radius 1 is 1.31 bits per heavy atom. The maximum Gasteiger partial charge on any atom is 0.158 e. The Balaban J connectivity index is 2.25. The average Bonchev–Trinajstić information content (AvgIpc) is 2.15. The van der Waals surface area contributed by atoms with E-state index in [4.69, 9.17) is 0 Å². The van der Waals surface area contributed by atoms with Crippen LogP contribution in [0, 0.1) is 0 Å². The van der Waals surface area contributed by atoms with Gasteiger partial charge in [0, 0.05) is 19.0 Å². The van der Waals surface area contributed by atoms with E-state index < -0.39 is 11.3 Å². The second kappa shape index (κ2) is 3.51. The van der Waals surface area contributed by atoms with Crippen LogP contribution in [0.15, 0.2) is 18.3 Å². The number of pyridine rings is 1. The van der Waals surface area contributed by atoms with Gasteiger partial charge in [0.15, 0.2) is 5.67 Å². The second-order valence-electron chi connectivity index (χ2n) is 5.36. The standard InChI is InChI=1S/C13H17F2N/c1-9(2)10-4-5-16-11(6-10)13(15)7-12(3,14)8-13/h4-6,9H,7-8H2,1-3H3. The summed E-state index contributed by atoms with van der Waals surface area (Å²) in [6, 6.07) is 3.64. The predicted molar refractivity (Wildman–Crippen MR) is 59.9 cm³/mol. The molecular formula is C13H17F2N. The fraction of sp³-hybridized carbons (Fsp3) is 0.615. The van der Waals surface area contributed by atoms with Gasteiger partial charge >= 0.3 is 0 Å². The van der Waals surface area contributed by atoms with Gasteiger partial charge < -0.3 is 0 Å². The highest BCUT2D eigenvalue weighted by Crippen LogP contribution is 2.52. The molecule has 3 heteroatoms. The van der Waals surface area contributed by atoms with E-state index >= 15 is 0 Å². The van der Waals surface area contributed by atoms with Crippen LogP contribution < -0.4 is 0 Å². The molecule has 0 spiro atoms. The highest BCUT2D eigenvalue weighted by Gasteiger charge is 2.55. The molecular weight excluding hydrogens is 208 g/mol. The highest BCUT2D eigenvalue weighted by molar-refractivity contribution is 5.27. The first-order valence-electron chi connectivity index (χ1n) is 5.67. The van der Waals surface area contributed by atoms with Gasteiger partial charge in [-0.15, -0.1) is 0 Å². The van der Waals surface area contributed by atoms with Crippen molar-refractivity contribution in [3.63, 3.8) is 0 Å². The van der Waals surface area contributed by atoms with Gasteiger partial charge in [0.1, 0.15) is 5.67 Å². The lowest BCUT2D eigenvalue weighted by molar-refractivity contribution is -0.0844. The summed E-state index contributed by atoms with van der Waals surface area (Å²) in [6.07, 6.45) is 1.46. The van der Waals surface area contributed by atoms with Crippen LogP contribution in [-0.2, 0) is 5.67 Å². The van der Waals surface area contributed by atoms with E-state index in [2.05, 4.69) is 4.98 Å². The van der Waals surface area contributed by atoms with Gasteiger partial charge in [-0.2, -0.15) is 0 Å². The zero-order chi connectivity index (χ0) is 12.0. The van der Waals surface area contributed by atoms with Crippen molar-refractivity contribution in [2.75, 3.05) is 0 Å². The van der Waals surface area contributed by atoms with E-state index in [9.17, 15) is 8.78 Å². The lowest BCUT2D eigenvalue weighted by Crippen LogP contribution is -2.47. The quantitative estimate of drug-likeness (QED) is 0.744. The van der Waals surface area contributed by atoms with Crippen molar-refractivity contribution in [1.82, 2.24) is 4.98 Å². The van der Waals surface area contributed by atoms with Crippen LogP contribution >= 0.6 is 0 Å². The van der Waals surface area contributed by atoms with Crippen LogP contribution in [0.3, 0.4) is 0 Å². The molecule has 1 nitrogen and oxygen atoms in total. The third kappa shape index (κ3) is 1.95. The van der Waals surface area contributed by atoms with Crippen molar-refractivity contribution in [2.45, 2.75) is 50.9 Å². The largest absolute Gasteiger partial charge is 0.258 e. The number of halogens is 2. The lowest BCUT2D eigenvalue weighted by atomic mass is 9.69. The molecule has 2 rings (SSSR count). The molecule has 1 saturated carbocycles. The van der Waals surface area contributed by atoms with Crippen molar-refractivity contribution in [3.05, 3.63) is 29.6 Å². The Labute approximate surface area is 94.9 Å². The monoisotopic (exact) mass is 225 g/mol. The number of nitrogens with zero attached hydrogens (tertiary/aromatic N) is 1. The van der Waals surface area contributed by atoms with Crippen LogP contribution in [0.2, 0.25) is 0 Å². The van der Waals surface area contributed by atoms with Crippen molar-refractivity contribution < 1.29 is 8.78 Å². The Bertz CT molecular complexity index is 391. The van der Waals surface area contributed by atoms with Gasteiger partial charge in [-0.05, 0) is 30.5 Å². The summed E-state index contributed by atoms with van der Waals surface area (Å²) in [6.45, 7) is 5.53. The number of hydrogen-bond acceptors (Lipinski definition) is 1. The molecule has 0 bridgehead atoms. The number of rotatable bonds is 2. The normalized spacial score (nSPS) is 33.9. The van der Waals surface area contributed by atoms with Crippen LogP contribution in [-0.4, -0.2) is 10.7 Å². The van der Waals surface area contributed by atoms with Crippen molar-refractivity contribution in [2.24, 2.45) is 0 Å². The molecule has 16 heavy (non-hydrogen) atoms. The molecule has 1 aromatic rings. The van der Waals surface area contributed by atoms with Crippen LogP contribution in [0.4, 0.5) is 8.78 Å². The molecule has 1 aliphatic carbocycles. The van der Waals surface area contributed by atoms with Gasteiger partial charge in [-0.3, -0.25) is 4.98 Å². The lowest BCUT2D eigenvalue weighted by Gasteiger charge is -2.43. The summed E-state index contributed by atoms with van der Waals surface area (Å²) >= 11 is 0. The zero-order valence-electron chi connectivity index (χ0n) is 9.93. The first-order chi connectivity index (χ1) is 7.32. The van der Waals surface area contributed by atoms with Gasteiger partial charge in [-0.25, -0.2) is 8.78 Å². The first-order valence-corrected chi connectivity index (χ1v) is 5.67. The highest BCUT2D eigenvalue weighted by atomic mass is 19.2. The Hall–Kier alpha value is -0.990. The number of aromatic nitrogens is 1. The Morgan fingerprint density at radius 3 is 2.44 bits per heavy atom. The van der Waals surface area contributed by atoms with E-state index in [1.54, 1.807) is 12.3 Å². The molecule has 0 atom stereocenters. The Kier molecular flexibility index (Phi) is 2.52. The first kappa shape index (κ1) is 11.5. The summed E-state index contributed by atoms with van der Waals surface area (Å²) in [5.74, 6) is 0.335. The van der Waals surface area contributed by atoms with E-state index in [1.165, 1.54) is 6.92 Å². The maximum absolute atomic E-state index is 14.3. The summed E-state index contributed by atoms with van der Waals surface area (Å²) in [4.78, 5) is 4.04. The molecule has 1 heterocycles. The third-order valence-electron chi connectivity index (χ3n) is 3.21. The molecule has 0 aromatic carbocycles. The van der Waals surface area contributed by atoms with Gasteiger partial charge in [0.05, 0.1) is 5.69 Å². The van der Waals surface area contributed by atoms with Crippen molar-refractivity contribution in [3.8, 4) is 0 Å². The molecule has 0 unspecified atom stereocenters. The third-order valence-corrected chi connectivity index (χ3v) is 3.21. The van der Waals surface area contributed by atoms with Crippen LogP contribution in [0.25, 0.3) is 0 Å². The average molecular weight is 225 g/mol. The topological polar surface area (TPSA) is 12.9 Å². The van der Waals surface area contributed by atoms with E-state index in [0.717, 1.165) is 5.56 Å².